The fourth-order valence-electron chi connectivity index (χ4n) is 0. The zero-order valence-corrected chi connectivity index (χ0v) is 19.7. The molecule has 64 valence electrons. The summed E-state index contributed by atoms with van der Waals surface area (Å²) in [5.41, 5.74) is 0. The van der Waals surface area contributed by atoms with E-state index in [-0.39, 0.29) is 153 Å². The molecule has 0 aromatic carbocycles. The van der Waals surface area contributed by atoms with Gasteiger partial charge in [0, 0.05) is 131 Å². The molecule has 0 aromatic heterocycles. The van der Waals surface area contributed by atoms with E-state index in [1.165, 1.54) is 0 Å². The summed E-state index contributed by atoms with van der Waals surface area (Å²) in [6, 6.07) is 0. The first-order valence-corrected chi connectivity index (χ1v) is 2.00. The Morgan fingerprint density at radius 3 is 0.455 bits per heavy atom. The molecule has 0 heterocycles. The smallest absolute Gasteiger partial charge is 0 e. The van der Waals surface area contributed by atoms with Gasteiger partial charge in [0.2, 0.25) is 0 Å². The molecular weight excluding hydrogens is 440 g/mol. The molecule has 0 unspecified atom stereocenters. The van der Waals surface area contributed by atoms with Crippen molar-refractivity contribution in [1.29, 1.82) is 0 Å². The Bertz CT molecular complexity index is 10.4. The molecule has 0 aliphatic carbocycles. The van der Waals surface area contributed by atoms with Crippen LogP contribution in [-0.4, -0.2) is 0 Å². The summed E-state index contributed by atoms with van der Waals surface area (Å²) in [4.78, 5) is 0. The van der Waals surface area contributed by atoms with Crippen LogP contribution in [0.2, 0.25) is 0 Å². The van der Waals surface area contributed by atoms with Gasteiger partial charge in [0.1, 0.15) is 0 Å². The van der Waals surface area contributed by atoms with Gasteiger partial charge in [-0.3, -0.25) is 0 Å². The summed E-state index contributed by atoms with van der Waals surface area (Å²) in [7, 11) is 0. The molecule has 0 fully saturated rings. The largest absolute Gasteiger partial charge is 0.358 e. The van der Waals surface area contributed by atoms with E-state index in [1.54, 1.807) is 0 Å². The Hall–Kier alpha value is 4.42. The maximum absolute atomic E-state index is 2.00. The normalized spacial score (nSPS) is 1.09. The van der Waals surface area contributed by atoms with E-state index in [9.17, 15) is 0 Å². The molecule has 4 heteroatoms. The molecule has 0 saturated carbocycles. The molecule has 0 amide bonds. The molecule has 0 atom stereocenters. The van der Waals surface area contributed by atoms with E-state index in [4.69, 9.17) is 0 Å². The van der Waals surface area contributed by atoms with Crippen molar-refractivity contribution in [3.05, 3.63) is 14.9 Å². The number of hydrogen-bond donors (Lipinski definition) is 0. The van der Waals surface area contributed by atoms with Crippen molar-refractivity contribution in [2.75, 3.05) is 0 Å². The molecule has 0 nitrogen and oxygen atoms in total. The SMILES string of the molecule is C.CC.CC.[CH3-].[CH3-].[Y].[Y].[Y].[Y]. The minimum absolute atomic E-state index is 0. The van der Waals surface area contributed by atoms with Crippen LogP contribution in [0.15, 0.2) is 0 Å². The van der Waals surface area contributed by atoms with Crippen molar-refractivity contribution < 1.29 is 131 Å². The molecule has 0 aliphatic rings. The topological polar surface area (TPSA) is 0 Å². The molecule has 0 aliphatic heterocycles. The third-order valence-corrected chi connectivity index (χ3v) is 0. The average Bonchev–Trinajstić information content (AvgIpc) is 1.50. The monoisotopic (exact) mass is 462 g/mol. The minimum Gasteiger partial charge on any atom is -0.358 e. The van der Waals surface area contributed by atoms with Gasteiger partial charge in [0.15, 0.2) is 0 Å². The first kappa shape index (κ1) is 77.8. The van der Waals surface area contributed by atoms with Gasteiger partial charge >= 0.3 is 0 Å². The van der Waals surface area contributed by atoms with Crippen LogP contribution in [0.4, 0.5) is 0 Å². The fourth-order valence-corrected chi connectivity index (χ4v) is 0. The predicted molar refractivity (Wildman–Crippen MR) is 42.3 cm³/mol. The maximum atomic E-state index is 2.00. The van der Waals surface area contributed by atoms with Gasteiger partial charge in [-0.1, -0.05) is 35.1 Å². The summed E-state index contributed by atoms with van der Waals surface area (Å²) in [5, 5.41) is 0. The Labute approximate surface area is 176 Å². The molecule has 0 saturated heterocycles. The van der Waals surface area contributed by atoms with Gasteiger partial charge in [-0.25, -0.2) is 0 Å². The third kappa shape index (κ3) is 114. The van der Waals surface area contributed by atoms with Gasteiger partial charge in [-0.15, -0.1) is 0 Å². The van der Waals surface area contributed by atoms with Gasteiger partial charge in [0.25, 0.3) is 0 Å². The zero-order chi connectivity index (χ0) is 4.00. The van der Waals surface area contributed by atoms with Crippen molar-refractivity contribution >= 4 is 0 Å². The Morgan fingerprint density at radius 2 is 0.455 bits per heavy atom. The van der Waals surface area contributed by atoms with Crippen LogP contribution in [-0.2, 0) is 131 Å². The fraction of sp³-hybridized carbons (Fsp3) is 0.714. The molecule has 0 bridgehead atoms. The Balaban J connectivity index is -0.000000000635. The van der Waals surface area contributed by atoms with Gasteiger partial charge in [0.05, 0.1) is 0 Å². The van der Waals surface area contributed by atoms with Crippen LogP contribution < -0.4 is 0 Å². The minimum atomic E-state index is 0. The van der Waals surface area contributed by atoms with E-state index in [0.29, 0.717) is 0 Å². The van der Waals surface area contributed by atoms with E-state index >= 15 is 0 Å². The van der Waals surface area contributed by atoms with E-state index < -0.39 is 0 Å². The van der Waals surface area contributed by atoms with E-state index in [2.05, 4.69) is 0 Å². The molecular formula is C7H22Y4-2. The molecule has 0 rings (SSSR count). The molecule has 0 aromatic rings. The van der Waals surface area contributed by atoms with Gasteiger partial charge in [-0.05, 0) is 0 Å². The predicted octanol–water partition coefficient (Wildman–Crippen LogP) is 3.58. The second-order valence-electron chi connectivity index (χ2n) is 0. The van der Waals surface area contributed by atoms with Crippen molar-refractivity contribution in [1.82, 2.24) is 0 Å². The van der Waals surface area contributed by atoms with E-state index in [0.717, 1.165) is 0 Å². The number of hydrogen-bond acceptors (Lipinski definition) is 0. The summed E-state index contributed by atoms with van der Waals surface area (Å²) in [6.45, 7) is 8.00. The Kier molecular flexibility index (Phi) is 942. The third-order valence-electron chi connectivity index (χ3n) is 0. The Morgan fingerprint density at radius 1 is 0.455 bits per heavy atom. The second kappa shape index (κ2) is 133. The zero-order valence-electron chi connectivity index (χ0n) is 8.31. The standard InChI is InChI=1S/2C2H6.CH4.2CH3.4Y/c2*1-2;;;;;;;/h2*1-2H3;1H4;2*1H3;;;;/q;;;2*-1;;;;. The maximum Gasteiger partial charge on any atom is 0 e. The van der Waals surface area contributed by atoms with Crippen LogP contribution in [0, 0.1) is 14.9 Å². The van der Waals surface area contributed by atoms with Crippen LogP contribution >= 0.6 is 0 Å². The van der Waals surface area contributed by atoms with Crippen LogP contribution in [0.3, 0.4) is 0 Å². The first-order chi connectivity index (χ1) is 2.00. The van der Waals surface area contributed by atoms with Gasteiger partial charge < -0.3 is 14.9 Å². The summed E-state index contributed by atoms with van der Waals surface area (Å²) >= 11 is 0. The number of rotatable bonds is 0. The molecule has 0 N–H and O–H groups in total. The van der Waals surface area contributed by atoms with Crippen molar-refractivity contribution in [3.8, 4) is 0 Å². The molecule has 0 spiro atoms. The molecule has 4 radical (unpaired) electrons. The van der Waals surface area contributed by atoms with Crippen molar-refractivity contribution in [3.63, 3.8) is 0 Å². The quantitative estimate of drug-likeness (QED) is 0.484. The summed E-state index contributed by atoms with van der Waals surface area (Å²) in [6.07, 6.45) is 0. The van der Waals surface area contributed by atoms with E-state index in [1.807, 2.05) is 27.7 Å². The van der Waals surface area contributed by atoms with Crippen molar-refractivity contribution in [2.24, 2.45) is 0 Å². The van der Waals surface area contributed by atoms with Crippen LogP contribution in [0.5, 0.6) is 0 Å². The second-order valence-corrected chi connectivity index (χ2v) is 0. The van der Waals surface area contributed by atoms with Crippen LogP contribution in [0.1, 0.15) is 35.1 Å². The first-order valence-electron chi connectivity index (χ1n) is 2.00. The summed E-state index contributed by atoms with van der Waals surface area (Å²) in [5.74, 6) is 0. The molecule has 11 heavy (non-hydrogen) atoms. The average molecular weight is 462 g/mol. The van der Waals surface area contributed by atoms with Crippen LogP contribution in [0.25, 0.3) is 0 Å². The summed E-state index contributed by atoms with van der Waals surface area (Å²) < 4.78 is 0. The van der Waals surface area contributed by atoms with Gasteiger partial charge in [-0.2, -0.15) is 0 Å². The van der Waals surface area contributed by atoms with Crippen molar-refractivity contribution in [2.45, 2.75) is 35.1 Å².